The Bertz CT molecular complexity index is 484. The Kier molecular flexibility index (Phi) is 3.62. The number of rotatable bonds is 5. The molecule has 1 aliphatic rings. The van der Waals surface area contributed by atoms with Crippen molar-refractivity contribution in [3.8, 4) is 0 Å². The lowest BCUT2D eigenvalue weighted by molar-refractivity contribution is -0.117. The molecule has 1 heterocycles. The summed E-state index contributed by atoms with van der Waals surface area (Å²) in [6.07, 6.45) is 1.66. The predicted octanol–water partition coefficient (Wildman–Crippen LogP) is 1.05. The van der Waals surface area contributed by atoms with Gasteiger partial charge < -0.3 is 15.1 Å². The van der Waals surface area contributed by atoms with Crippen molar-refractivity contribution in [1.29, 1.82) is 0 Å². The standard InChI is InChI=1S/C13H15NO4/c15-6-2-1-5-14-11-4-3-9(13(17)18)7-10(11)8-12(14)16/h3-4,7,15H,1-2,5-6,8H2,(H,17,18). The van der Waals surface area contributed by atoms with Crippen molar-refractivity contribution in [3.63, 3.8) is 0 Å². The normalized spacial score (nSPS) is 13.8. The Morgan fingerprint density at radius 2 is 2.11 bits per heavy atom. The average Bonchev–Trinajstić information content (AvgIpc) is 2.65. The number of benzene rings is 1. The third-order valence-corrected chi connectivity index (χ3v) is 3.05. The van der Waals surface area contributed by atoms with Gasteiger partial charge in [0, 0.05) is 18.8 Å². The minimum absolute atomic E-state index is 0.00882. The lowest BCUT2D eigenvalue weighted by Gasteiger charge is -2.17. The van der Waals surface area contributed by atoms with Crippen molar-refractivity contribution in [3.05, 3.63) is 29.3 Å². The molecule has 0 aliphatic carbocycles. The third-order valence-electron chi connectivity index (χ3n) is 3.05. The summed E-state index contributed by atoms with van der Waals surface area (Å²) >= 11 is 0. The first-order valence-electron chi connectivity index (χ1n) is 5.91. The van der Waals surface area contributed by atoms with E-state index in [1.54, 1.807) is 17.0 Å². The molecule has 18 heavy (non-hydrogen) atoms. The van der Waals surface area contributed by atoms with Crippen LogP contribution in [0.15, 0.2) is 18.2 Å². The molecule has 2 rings (SSSR count). The summed E-state index contributed by atoms with van der Waals surface area (Å²) in [4.78, 5) is 24.3. The van der Waals surface area contributed by atoms with Crippen LogP contribution < -0.4 is 4.90 Å². The van der Waals surface area contributed by atoms with Crippen LogP contribution in [0.3, 0.4) is 0 Å². The van der Waals surface area contributed by atoms with E-state index in [1.807, 2.05) is 0 Å². The molecular formula is C13H15NO4. The lowest BCUT2D eigenvalue weighted by Crippen LogP contribution is -2.27. The first kappa shape index (κ1) is 12.6. The highest BCUT2D eigenvalue weighted by Crippen LogP contribution is 2.29. The number of amides is 1. The molecule has 0 saturated heterocycles. The minimum Gasteiger partial charge on any atom is -0.478 e. The van der Waals surface area contributed by atoms with Gasteiger partial charge in [0.1, 0.15) is 0 Å². The van der Waals surface area contributed by atoms with Crippen LogP contribution in [-0.2, 0) is 11.2 Å². The molecule has 1 amide bonds. The highest BCUT2D eigenvalue weighted by atomic mass is 16.4. The number of nitrogens with zero attached hydrogens (tertiary/aromatic N) is 1. The van der Waals surface area contributed by atoms with Crippen molar-refractivity contribution in [1.82, 2.24) is 0 Å². The first-order valence-corrected chi connectivity index (χ1v) is 5.91. The van der Waals surface area contributed by atoms with Gasteiger partial charge in [0.2, 0.25) is 5.91 Å². The summed E-state index contributed by atoms with van der Waals surface area (Å²) in [6, 6.07) is 4.75. The van der Waals surface area contributed by atoms with Crippen LogP contribution >= 0.6 is 0 Å². The van der Waals surface area contributed by atoms with Crippen molar-refractivity contribution in [2.45, 2.75) is 19.3 Å². The second-order valence-electron chi connectivity index (χ2n) is 4.30. The van der Waals surface area contributed by atoms with E-state index in [1.165, 1.54) is 6.07 Å². The number of aliphatic hydroxyl groups excluding tert-OH is 1. The first-order chi connectivity index (χ1) is 8.63. The van der Waals surface area contributed by atoms with Gasteiger partial charge in [-0.05, 0) is 36.6 Å². The summed E-state index contributed by atoms with van der Waals surface area (Å²) in [5, 5.41) is 17.6. The Morgan fingerprint density at radius 3 is 2.78 bits per heavy atom. The van der Waals surface area contributed by atoms with Gasteiger partial charge in [0.25, 0.3) is 0 Å². The van der Waals surface area contributed by atoms with E-state index in [9.17, 15) is 9.59 Å². The van der Waals surface area contributed by atoms with E-state index in [4.69, 9.17) is 10.2 Å². The van der Waals surface area contributed by atoms with Crippen molar-refractivity contribution in [2.24, 2.45) is 0 Å². The quantitative estimate of drug-likeness (QED) is 0.764. The SMILES string of the molecule is O=C(O)c1ccc2c(c1)CC(=O)N2CCCCO. The molecular weight excluding hydrogens is 234 g/mol. The summed E-state index contributed by atoms with van der Waals surface area (Å²) in [7, 11) is 0. The molecule has 96 valence electrons. The summed E-state index contributed by atoms with van der Waals surface area (Å²) < 4.78 is 0. The number of carbonyl (C=O) groups excluding carboxylic acids is 1. The molecule has 0 aromatic heterocycles. The number of anilines is 1. The van der Waals surface area contributed by atoms with Gasteiger partial charge in [-0.15, -0.1) is 0 Å². The molecule has 0 bridgehead atoms. The molecule has 1 aromatic carbocycles. The van der Waals surface area contributed by atoms with Crippen LogP contribution in [0.4, 0.5) is 5.69 Å². The Labute approximate surface area is 105 Å². The molecule has 0 radical (unpaired) electrons. The van der Waals surface area contributed by atoms with Crippen LogP contribution in [0.1, 0.15) is 28.8 Å². The summed E-state index contributed by atoms with van der Waals surface area (Å²) in [5.41, 5.74) is 1.77. The fraction of sp³-hybridized carbons (Fsp3) is 0.385. The molecule has 2 N–H and O–H groups in total. The highest BCUT2D eigenvalue weighted by molar-refractivity contribution is 6.02. The zero-order valence-corrected chi connectivity index (χ0v) is 9.93. The van der Waals surface area contributed by atoms with Gasteiger partial charge in [-0.1, -0.05) is 0 Å². The number of aliphatic hydroxyl groups is 1. The number of carboxylic acids is 1. The second-order valence-corrected chi connectivity index (χ2v) is 4.30. The molecule has 5 nitrogen and oxygen atoms in total. The van der Waals surface area contributed by atoms with Gasteiger partial charge in [-0.25, -0.2) is 4.79 Å². The number of carboxylic acid groups (broad SMARTS) is 1. The maximum atomic E-state index is 11.8. The largest absolute Gasteiger partial charge is 0.478 e. The zero-order chi connectivity index (χ0) is 13.1. The molecule has 1 aromatic rings. The lowest BCUT2D eigenvalue weighted by atomic mass is 10.1. The molecule has 0 saturated carbocycles. The number of hydrogen-bond acceptors (Lipinski definition) is 3. The smallest absolute Gasteiger partial charge is 0.335 e. The van der Waals surface area contributed by atoms with Crippen LogP contribution in [0.25, 0.3) is 0 Å². The monoisotopic (exact) mass is 249 g/mol. The predicted molar refractivity (Wildman–Crippen MR) is 65.8 cm³/mol. The van der Waals surface area contributed by atoms with Gasteiger partial charge in [0.15, 0.2) is 0 Å². The van der Waals surface area contributed by atoms with E-state index in [0.29, 0.717) is 13.0 Å². The van der Waals surface area contributed by atoms with Crippen LogP contribution in [0.2, 0.25) is 0 Å². The minimum atomic E-state index is -0.982. The number of carbonyl (C=O) groups is 2. The van der Waals surface area contributed by atoms with Crippen LogP contribution in [0.5, 0.6) is 0 Å². The Balaban J connectivity index is 2.18. The number of hydrogen-bond donors (Lipinski definition) is 2. The van der Waals surface area contributed by atoms with Crippen LogP contribution in [-0.4, -0.2) is 35.2 Å². The maximum Gasteiger partial charge on any atom is 0.335 e. The van der Waals surface area contributed by atoms with Crippen molar-refractivity contribution < 1.29 is 19.8 Å². The summed E-state index contributed by atoms with van der Waals surface area (Å²) in [6.45, 7) is 0.686. The second kappa shape index (κ2) is 5.18. The van der Waals surface area contributed by atoms with E-state index >= 15 is 0 Å². The molecule has 5 heteroatoms. The van der Waals surface area contributed by atoms with Gasteiger partial charge >= 0.3 is 5.97 Å². The van der Waals surface area contributed by atoms with Crippen LogP contribution in [0, 0.1) is 0 Å². The fourth-order valence-electron chi connectivity index (χ4n) is 2.14. The maximum absolute atomic E-state index is 11.8. The molecule has 0 atom stereocenters. The van der Waals surface area contributed by atoms with Gasteiger partial charge in [-0.2, -0.15) is 0 Å². The van der Waals surface area contributed by atoms with E-state index in [2.05, 4.69) is 0 Å². The molecule has 0 fully saturated rings. The van der Waals surface area contributed by atoms with E-state index < -0.39 is 5.97 Å². The van der Waals surface area contributed by atoms with Gasteiger partial charge in [-0.3, -0.25) is 4.79 Å². The number of unbranched alkanes of at least 4 members (excludes halogenated alkanes) is 1. The van der Waals surface area contributed by atoms with Crippen molar-refractivity contribution >= 4 is 17.6 Å². The van der Waals surface area contributed by atoms with Gasteiger partial charge in [0.05, 0.1) is 12.0 Å². The topological polar surface area (TPSA) is 77.8 Å². The Hall–Kier alpha value is -1.88. The average molecular weight is 249 g/mol. The summed E-state index contributed by atoms with van der Waals surface area (Å²) in [5.74, 6) is -0.991. The fourth-order valence-corrected chi connectivity index (χ4v) is 2.14. The van der Waals surface area contributed by atoms with Crippen molar-refractivity contribution in [2.75, 3.05) is 18.1 Å². The Morgan fingerprint density at radius 1 is 1.33 bits per heavy atom. The zero-order valence-electron chi connectivity index (χ0n) is 9.93. The highest BCUT2D eigenvalue weighted by Gasteiger charge is 2.27. The van der Waals surface area contributed by atoms with E-state index in [0.717, 1.165) is 17.7 Å². The molecule has 0 unspecified atom stereocenters. The number of aromatic carboxylic acids is 1. The molecule has 1 aliphatic heterocycles. The van der Waals surface area contributed by atoms with E-state index in [-0.39, 0.29) is 24.5 Å². The number of fused-ring (bicyclic) bond motifs is 1. The third kappa shape index (κ3) is 2.36. The molecule has 0 spiro atoms.